The zero-order valence-electron chi connectivity index (χ0n) is 13.7. The van der Waals surface area contributed by atoms with E-state index < -0.39 is 35.6 Å². The van der Waals surface area contributed by atoms with E-state index in [9.17, 15) is 18.4 Å². The summed E-state index contributed by atoms with van der Waals surface area (Å²) < 4.78 is 31.9. The van der Waals surface area contributed by atoms with E-state index in [1.54, 1.807) is 0 Å². The summed E-state index contributed by atoms with van der Waals surface area (Å²) in [6, 6.07) is 3.13. The molecule has 0 unspecified atom stereocenters. The zero-order chi connectivity index (χ0) is 18.6. The molecular weight excluding hydrogens is 332 g/mol. The molecule has 0 saturated heterocycles. The van der Waals surface area contributed by atoms with E-state index >= 15 is 0 Å². The van der Waals surface area contributed by atoms with Gasteiger partial charge in [0.1, 0.15) is 23.0 Å². The van der Waals surface area contributed by atoms with Gasteiger partial charge in [0, 0.05) is 11.8 Å². The molecule has 1 aromatic rings. The molecule has 1 aromatic carbocycles. The fraction of sp³-hybridized carbons (Fsp3) is 0.353. The maximum atomic E-state index is 13.6. The lowest BCUT2D eigenvalue weighted by Gasteiger charge is -2.28. The average Bonchev–Trinajstić information content (AvgIpc) is 2.48. The number of esters is 1. The summed E-state index contributed by atoms with van der Waals surface area (Å²) in [4.78, 5) is 24.1. The Morgan fingerprint density at radius 2 is 1.92 bits per heavy atom. The summed E-state index contributed by atoms with van der Waals surface area (Å²) in [6.45, 7) is 0.494. The Kier molecular flexibility index (Phi) is 5.84. The van der Waals surface area contributed by atoms with Crippen molar-refractivity contribution in [2.75, 3.05) is 6.61 Å². The van der Waals surface area contributed by atoms with Crippen molar-refractivity contribution in [2.45, 2.75) is 32.2 Å². The van der Waals surface area contributed by atoms with Crippen LogP contribution < -0.4 is 11.1 Å². The van der Waals surface area contributed by atoms with Crippen molar-refractivity contribution in [2.24, 2.45) is 5.73 Å². The summed E-state index contributed by atoms with van der Waals surface area (Å²) >= 11 is 0. The number of carbonyl (C=O) groups excluding carboxylic acids is 2. The average molecular weight is 351 g/mol. The molecule has 0 bridgehead atoms. The highest BCUT2D eigenvalue weighted by Crippen LogP contribution is 2.19. The molecule has 134 valence electrons. The van der Waals surface area contributed by atoms with Crippen molar-refractivity contribution >= 4 is 17.5 Å². The highest BCUT2D eigenvalue weighted by atomic mass is 19.1. The van der Waals surface area contributed by atoms with Gasteiger partial charge in [0.2, 0.25) is 5.78 Å². The van der Waals surface area contributed by atoms with Gasteiger partial charge in [-0.05, 0) is 38.3 Å². The first kappa shape index (κ1) is 18.6. The van der Waals surface area contributed by atoms with E-state index in [4.69, 9.17) is 15.9 Å². The third kappa shape index (κ3) is 4.40. The van der Waals surface area contributed by atoms with Crippen LogP contribution in [0.2, 0.25) is 0 Å². The number of ether oxygens (including phenoxy) is 1. The molecule has 0 heterocycles. The molecule has 1 aliphatic rings. The topological polar surface area (TPSA) is 105 Å². The molecule has 1 aliphatic carbocycles. The summed E-state index contributed by atoms with van der Waals surface area (Å²) in [5.74, 6) is -4.09. The van der Waals surface area contributed by atoms with Crippen molar-refractivity contribution in [1.29, 1.82) is 5.41 Å². The lowest BCUT2D eigenvalue weighted by molar-refractivity contribution is -0.137. The van der Waals surface area contributed by atoms with Gasteiger partial charge in [-0.2, -0.15) is 0 Å². The number of halogens is 2. The maximum absolute atomic E-state index is 13.6. The largest absolute Gasteiger partial charge is 0.454 e. The summed E-state index contributed by atoms with van der Waals surface area (Å²) in [7, 11) is 0. The monoisotopic (exact) mass is 351 g/mol. The molecule has 25 heavy (non-hydrogen) atoms. The zero-order valence-corrected chi connectivity index (χ0v) is 13.7. The van der Waals surface area contributed by atoms with E-state index in [0.717, 1.165) is 37.5 Å². The fourth-order valence-electron chi connectivity index (χ4n) is 2.35. The lowest BCUT2D eigenvalue weighted by atomic mass is 9.93. The van der Waals surface area contributed by atoms with Crippen LogP contribution in [0, 0.1) is 17.0 Å². The molecule has 0 spiro atoms. The Labute approximate surface area is 143 Å². The smallest absolute Gasteiger partial charge is 0.344 e. The number of ketones is 1. The first-order chi connectivity index (χ1) is 11.8. The molecule has 1 saturated carbocycles. The van der Waals surface area contributed by atoms with E-state index in [0.29, 0.717) is 0 Å². The van der Waals surface area contributed by atoms with Gasteiger partial charge >= 0.3 is 5.97 Å². The van der Waals surface area contributed by atoms with E-state index in [-0.39, 0.29) is 23.1 Å². The van der Waals surface area contributed by atoms with Crippen LogP contribution >= 0.6 is 0 Å². The first-order valence-electron chi connectivity index (χ1n) is 7.77. The quantitative estimate of drug-likeness (QED) is 0.302. The Morgan fingerprint density at radius 3 is 2.40 bits per heavy atom. The Hall–Kier alpha value is -2.77. The van der Waals surface area contributed by atoms with Gasteiger partial charge < -0.3 is 21.2 Å². The summed E-state index contributed by atoms with van der Waals surface area (Å²) in [5, 5.41) is 10.6. The molecular formula is C17H19F2N3O3. The Bertz CT molecular complexity index is 722. The molecule has 0 atom stereocenters. The van der Waals surface area contributed by atoms with Crippen LogP contribution in [0.3, 0.4) is 0 Å². The number of Topliss-reactive ketones (excluding diaryl/α,β-unsaturated/α-hetero) is 1. The second-order valence-corrected chi connectivity index (χ2v) is 5.78. The van der Waals surface area contributed by atoms with Crippen molar-refractivity contribution < 1.29 is 23.1 Å². The third-order valence-electron chi connectivity index (χ3n) is 3.89. The van der Waals surface area contributed by atoms with Crippen LogP contribution in [0.25, 0.3) is 0 Å². The standard InChI is InChI=1S/C17H19F2N3O3/c1-9(20)14(16(21)22-10-4-2-5-10)17(24)25-8-13(23)15-11(18)6-3-7-12(15)19/h3,6-7,10,20,22H,2,4-5,8,21H2,1H3/b16-14+,20-9?. The number of nitrogens with one attached hydrogen (secondary N) is 2. The van der Waals surface area contributed by atoms with E-state index in [1.165, 1.54) is 6.92 Å². The Morgan fingerprint density at radius 1 is 1.32 bits per heavy atom. The number of benzene rings is 1. The van der Waals surface area contributed by atoms with Crippen molar-refractivity contribution in [1.82, 2.24) is 5.32 Å². The fourth-order valence-corrected chi connectivity index (χ4v) is 2.35. The maximum Gasteiger partial charge on any atom is 0.344 e. The molecule has 2 rings (SSSR count). The van der Waals surface area contributed by atoms with Crippen molar-refractivity contribution in [3.8, 4) is 0 Å². The second kappa shape index (κ2) is 7.87. The van der Waals surface area contributed by atoms with Crippen LogP contribution in [-0.2, 0) is 9.53 Å². The normalized spacial score (nSPS) is 15.0. The van der Waals surface area contributed by atoms with Gasteiger partial charge in [0.15, 0.2) is 6.61 Å². The molecule has 0 aromatic heterocycles. The minimum Gasteiger partial charge on any atom is -0.454 e. The van der Waals surface area contributed by atoms with Gasteiger partial charge in [-0.15, -0.1) is 0 Å². The predicted octanol–water partition coefficient (Wildman–Crippen LogP) is 2.04. The number of hydrogen-bond acceptors (Lipinski definition) is 6. The lowest BCUT2D eigenvalue weighted by Crippen LogP contribution is -2.39. The second-order valence-electron chi connectivity index (χ2n) is 5.78. The highest BCUT2D eigenvalue weighted by Gasteiger charge is 2.24. The van der Waals surface area contributed by atoms with Crippen molar-refractivity contribution in [3.63, 3.8) is 0 Å². The molecule has 0 amide bonds. The molecule has 6 nitrogen and oxygen atoms in total. The summed E-state index contributed by atoms with van der Waals surface area (Å²) in [6.07, 6.45) is 2.87. The highest BCUT2D eigenvalue weighted by molar-refractivity contribution is 6.18. The predicted molar refractivity (Wildman–Crippen MR) is 87.0 cm³/mol. The van der Waals surface area contributed by atoms with Gasteiger partial charge in [0.25, 0.3) is 0 Å². The van der Waals surface area contributed by atoms with Crippen LogP contribution in [0.5, 0.6) is 0 Å². The van der Waals surface area contributed by atoms with Gasteiger partial charge in [0.05, 0.1) is 5.56 Å². The molecule has 4 N–H and O–H groups in total. The molecule has 1 fully saturated rings. The van der Waals surface area contributed by atoms with Gasteiger partial charge in [-0.1, -0.05) is 6.07 Å². The molecule has 0 aliphatic heterocycles. The van der Waals surface area contributed by atoms with Crippen LogP contribution in [0.4, 0.5) is 8.78 Å². The van der Waals surface area contributed by atoms with E-state index in [2.05, 4.69) is 5.32 Å². The summed E-state index contributed by atoms with van der Waals surface area (Å²) in [5.41, 5.74) is 4.71. The SMILES string of the molecule is CC(=N)/C(C(=O)OCC(=O)c1c(F)cccc1F)=C(/N)NC1CCC1. The van der Waals surface area contributed by atoms with Crippen LogP contribution in [-0.4, -0.2) is 30.1 Å². The number of nitrogens with two attached hydrogens (primary N) is 1. The van der Waals surface area contributed by atoms with E-state index in [1.807, 2.05) is 0 Å². The van der Waals surface area contributed by atoms with Crippen LogP contribution in [0.15, 0.2) is 29.6 Å². The molecule has 0 radical (unpaired) electrons. The van der Waals surface area contributed by atoms with Gasteiger partial charge in [-0.25, -0.2) is 13.6 Å². The number of rotatable bonds is 7. The van der Waals surface area contributed by atoms with Crippen LogP contribution in [0.1, 0.15) is 36.5 Å². The number of carbonyl (C=O) groups is 2. The minimum absolute atomic E-state index is 0.00767. The Balaban J connectivity index is 2.07. The minimum atomic E-state index is -1.04. The van der Waals surface area contributed by atoms with Crippen molar-refractivity contribution in [3.05, 3.63) is 46.8 Å². The number of hydrogen-bond donors (Lipinski definition) is 3. The molecule has 8 heteroatoms. The third-order valence-corrected chi connectivity index (χ3v) is 3.89. The first-order valence-corrected chi connectivity index (χ1v) is 7.77. The van der Waals surface area contributed by atoms with Gasteiger partial charge in [-0.3, -0.25) is 4.79 Å².